The van der Waals surface area contributed by atoms with Crippen LogP contribution in [-0.4, -0.2) is 55.9 Å². The number of ether oxygens (including phenoxy) is 1. The van der Waals surface area contributed by atoms with E-state index < -0.39 is 0 Å². The summed E-state index contributed by atoms with van der Waals surface area (Å²) in [4.78, 5) is 34.9. The second-order valence-corrected chi connectivity index (χ2v) is 9.65. The van der Waals surface area contributed by atoms with Crippen molar-refractivity contribution < 1.29 is 14.3 Å². The van der Waals surface area contributed by atoms with Crippen LogP contribution in [0.15, 0.2) is 60.1 Å². The van der Waals surface area contributed by atoms with E-state index in [-0.39, 0.29) is 30.1 Å². The number of methoxy groups -OCH3 is 1. The zero-order valence-electron chi connectivity index (χ0n) is 21.5. The first-order valence-corrected chi connectivity index (χ1v) is 12.6. The number of aromatic amines is 1. The van der Waals surface area contributed by atoms with Gasteiger partial charge in [-0.15, -0.1) is 0 Å². The number of aromatic nitrogens is 1. The number of nitriles is 1. The summed E-state index contributed by atoms with van der Waals surface area (Å²) >= 11 is 0. The molecular formula is C29H31N5O3. The van der Waals surface area contributed by atoms with Crippen molar-refractivity contribution in [3.63, 3.8) is 0 Å². The molecule has 3 aromatic rings. The van der Waals surface area contributed by atoms with Gasteiger partial charge in [-0.2, -0.15) is 5.26 Å². The number of anilines is 2. The Balaban J connectivity index is 1.20. The number of nitrogens with zero attached hydrogens (tertiary/aromatic N) is 4. The van der Waals surface area contributed by atoms with Crippen LogP contribution in [0.4, 0.5) is 11.4 Å². The molecule has 1 amide bonds. The summed E-state index contributed by atoms with van der Waals surface area (Å²) in [6.07, 6.45) is 3.92. The Labute approximate surface area is 216 Å². The molecule has 0 saturated carbocycles. The summed E-state index contributed by atoms with van der Waals surface area (Å²) in [6, 6.07) is 15.9. The molecule has 8 heteroatoms. The minimum absolute atomic E-state index is 0.0193. The minimum atomic E-state index is -0.306. The molecule has 2 aliphatic rings. The highest BCUT2D eigenvalue weighted by Crippen LogP contribution is 2.40. The molecule has 0 aliphatic carbocycles. The molecule has 1 fully saturated rings. The van der Waals surface area contributed by atoms with Crippen LogP contribution in [0.5, 0.6) is 5.75 Å². The number of amides is 1. The van der Waals surface area contributed by atoms with E-state index in [1.807, 2.05) is 65.2 Å². The van der Waals surface area contributed by atoms with Crippen LogP contribution in [0.2, 0.25) is 0 Å². The van der Waals surface area contributed by atoms with Gasteiger partial charge in [0.05, 0.1) is 18.5 Å². The standard InChI is InChI=1S/C29H31N5O3/c1-32-25-6-4-5-7-26(25)33(2)29(32)22(17-30)27(35)10-11-28(36)34-14-12-19(13-15-34)23-18-31-24-9-8-20(37-3)16-21(23)24/h4-9,16,18-19,31H,10-15H2,1-3H3. The molecule has 2 aromatic carbocycles. The van der Waals surface area contributed by atoms with E-state index in [9.17, 15) is 14.9 Å². The van der Waals surface area contributed by atoms with E-state index in [0.717, 1.165) is 40.9 Å². The highest BCUT2D eigenvalue weighted by molar-refractivity contribution is 6.03. The molecule has 0 atom stereocenters. The number of carbonyl (C=O) groups excluding carboxylic acids is 2. The molecule has 0 radical (unpaired) electrons. The number of likely N-dealkylation sites (tertiary alicyclic amines) is 1. The minimum Gasteiger partial charge on any atom is -0.497 e. The molecule has 5 rings (SSSR count). The molecule has 1 saturated heterocycles. The number of fused-ring (bicyclic) bond motifs is 2. The lowest BCUT2D eigenvalue weighted by molar-refractivity contribution is -0.133. The van der Waals surface area contributed by atoms with Gasteiger partial charge in [-0.05, 0) is 54.7 Å². The Morgan fingerprint density at radius 3 is 2.35 bits per heavy atom. The fourth-order valence-corrected chi connectivity index (χ4v) is 5.59. The number of Topliss-reactive ketones (excluding diaryl/α,β-unsaturated/α-hetero) is 1. The van der Waals surface area contributed by atoms with E-state index in [1.54, 1.807) is 7.11 Å². The second-order valence-electron chi connectivity index (χ2n) is 9.65. The fourth-order valence-electron chi connectivity index (χ4n) is 5.59. The molecule has 1 aromatic heterocycles. The molecule has 0 unspecified atom stereocenters. The maximum absolute atomic E-state index is 13.1. The van der Waals surface area contributed by atoms with Gasteiger partial charge in [0, 0.05) is 57.1 Å². The Kier molecular flexibility index (Phi) is 6.62. The summed E-state index contributed by atoms with van der Waals surface area (Å²) in [5.74, 6) is 1.40. The third-order valence-corrected chi connectivity index (χ3v) is 7.63. The zero-order chi connectivity index (χ0) is 26.1. The van der Waals surface area contributed by atoms with Gasteiger partial charge in [0.2, 0.25) is 5.91 Å². The van der Waals surface area contributed by atoms with Crippen molar-refractivity contribution in [3.05, 3.63) is 65.6 Å². The van der Waals surface area contributed by atoms with Crippen molar-refractivity contribution >= 4 is 34.0 Å². The smallest absolute Gasteiger partial charge is 0.223 e. The van der Waals surface area contributed by atoms with Gasteiger partial charge in [0.25, 0.3) is 0 Å². The first-order chi connectivity index (χ1) is 17.9. The Hall–Kier alpha value is -4.25. The number of nitrogens with one attached hydrogen (secondary N) is 1. The third-order valence-electron chi connectivity index (χ3n) is 7.63. The lowest BCUT2D eigenvalue weighted by Gasteiger charge is -2.32. The number of piperidine rings is 1. The van der Waals surface area contributed by atoms with Gasteiger partial charge in [-0.25, -0.2) is 0 Å². The number of allylic oxidation sites excluding steroid dienone is 1. The van der Waals surface area contributed by atoms with Crippen molar-refractivity contribution in [2.75, 3.05) is 44.1 Å². The highest BCUT2D eigenvalue weighted by Gasteiger charge is 2.32. The van der Waals surface area contributed by atoms with Gasteiger partial charge in [0.1, 0.15) is 23.2 Å². The van der Waals surface area contributed by atoms with Crippen molar-refractivity contribution in [1.29, 1.82) is 5.26 Å². The summed E-state index contributed by atoms with van der Waals surface area (Å²) in [7, 11) is 5.37. The fraction of sp³-hybridized carbons (Fsp3) is 0.345. The maximum atomic E-state index is 13.1. The lowest BCUT2D eigenvalue weighted by Crippen LogP contribution is -2.38. The molecule has 1 N–H and O–H groups in total. The van der Waals surface area contributed by atoms with Crippen molar-refractivity contribution in [1.82, 2.24) is 9.88 Å². The van der Waals surface area contributed by atoms with Crippen LogP contribution in [0.3, 0.4) is 0 Å². The van der Waals surface area contributed by atoms with E-state index >= 15 is 0 Å². The zero-order valence-corrected chi connectivity index (χ0v) is 21.5. The molecule has 0 spiro atoms. The van der Waals surface area contributed by atoms with Gasteiger partial charge in [-0.1, -0.05) is 12.1 Å². The number of ketones is 1. The molecule has 0 bridgehead atoms. The van der Waals surface area contributed by atoms with Crippen LogP contribution in [-0.2, 0) is 9.59 Å². The molecule has 2 aliphatic heterocycles. The van der Waals surface area contributed by atoms with Crippen LogP contribution < -0.4 is 14.5 Å². The van der Waals surface area contributed by atoms with Crippen LogP contribution >= 0.6 is 0 Å². The SMILES string of the molecule is COc1ccc2[nH]cc(C3CCN(C(=O)CCC(=O)C(C#N)=C4N(C)c5ccccc5N4C)CC3)c2c1. The number of carbonyl (C=O) groups is 2. The van der Waals surface area contributed by atoms with Crippen LogP contribution in [0.1, 0.15) is 37.2 Å². The number of benzene rings is 2. The molecule has 3 heterocycles. The summed E-state index contributed by atoms with van der Waals surface area (Å²) in [5, 5.41) is 11.0. The van der Waals surface area contributed by atoms with Crippen molar-refractivity contribution in [3.8, 4) is 11.8 Å². The number of hydrogen-bond acceptors (Lipinski definition) is 6. The Morgan fingerprint density at radius 2 is 1.73 bits per heavy atom. The van der Waals surface area contributed by atoms with Crippen LogP contribution in [0, 0.1) is 11.3 Å². The monoisotopic (exact) mass is 497 g/mol. The van der Waals surface area contributed by atoms with Crippen molar-refractivity contribution in [2.45, 2.75) is 31.6 Å². The number of rotatable bonds is 6. The Bertz CT molecular complexity index is 1390. The maximum Gasteiger partial charge on any atom is 0.223 e. The number of hydrogen-bond donors (Lipinski definition) is 1. The average Bonchev–Trinajstić information content (AvgIpc) is 3.46. The number of H-pyrrole nitrogens is 1. The van der Waals surface area contributed by atoms with Crippen molar-refractivity contribution in [2.24, 2.45) is 0 Å². The normalized spacial score (nSPS) is 15.6. The first-order valence-electron chi connectivity index (χ1n) is 12.6. The van der Waals surface area contributed by atoms with Gasteiger partial charge in [0.15, 0.2) is 5.78 Å². The van der Waals surface area contributed by atoms with Gasteiger partial charge >= 0.3 is 0 Å². The molecular weight excluding hydrogens is 466 g/mol. The topological polar surface area (TPSA) is 92.7 Å². The van der Waals surface area contributed by atoms with E-state index in [4.69, 9.17) is 4.74 Å². The van der Waals surface area contributed by atoms with Gasteiger partial charge < -0.3 is 24.4 Å². The van der Waals surface area contributed by atoms with Gasteiger partial charge in [-0.3, -0.25) is 9.59 Å². The predicted octanol–water partition coefficient (Wildman–Crippen LogP) is 4.55. The largest absolute Gasteiger partial charge is 0.497 e. The quantitative estimate of drug-likeness (QED) is 0.397. The molecule has 190 valence electrons. The van der Waals surface area contributed by atoms with Crippen LogP contribution in [0.25, 0.3) is 10.9 Å². The highest BCUT2D eigenvalue weighted by atomic mass is 16.5. The molecule has 8 nitrogen and oxygen atoms in total. The summed E-state index contributed by atoms with van der Waals surface area (Å²) in [6.45, 7) is 1.31. The second kappa shape index (κ2) is 10.0. The number of para-hydroxylation sites is 2. The third kappa shape index (κ3) is 4.42. The summed E-state index contributed by atoms with van der Waals surface area (Å²) < 4.78 is 5.39. The van der Waals surface area contributed by atoms with E-state index in [0.29, 0.717) is 24.8 Å². The summed E-state index contributed by atoms with van der Waals surface area (Å²) in [5.41, 5.74) is 4.30. The molecule has 37 heavy (non-hydrogen) atoms. The lowest BCUT2D eigenvalue weighted by atomic mass is 9.89. The predicted molar refractivity (Wildman–Crippen MR) is 144 cm³/mol. The van der Waals surface area contributed by atoms with E-state index in [1.165, 1.54) is 5.56 Å². The van der Waals surface area contributed by atoms with E-state index in [2.05, 4.69) is 23.3 Å². The first kappa shape index (κ1) is 24.4. The Morgan fingerprint density at radius 1 is 1.05 bits per heavy atom. The average molecular weight is 498 g/mol.